The fraction of sp³-hybridized carbons (Fsp3) is 0. The Balaban J connectivity index is 1.76. The monoisotopic (exact) mass is 293 g/mol. The molecule has 0 aliphatic carbocycles. The molecule has 108 valence electrons. The van der Waals surface area contributed by atoms with Crippen molar-refractivity contribution in [1.82, 2.24) is 4.98 Å². The average Bonchev–Trinajstić information content (AvgIpc) is 3.06. The molecule has 1 heteroatoms. The van der Waals surface area contributed by atoms with Crippen molar-refractivity contribution >= 4 is 32.4 Å². The summed E-state index contributed by atoms with van der Waals surface area (Å²) in [5, 5.41) is 6.35. The summed E-state index contributed by atoms with van der Waals surface area (Å²) in [4.78, 5) is 3.62. The minimum Gasteiger partial charge on any atom is -0.354 e. The Bertz CT molecular complexity index is 1160. The third kappa shape index (κ3) is 1.94. The molecule has 0 unspecified atom stereocenters. The summed E-state index contributed by atoms with van der Waals surface area (Å²) in [6, 6.07) is 30.3. The lowest BCUT2D eigenvalue weighted by molar-refractivity contribution is 1.47. The lowest BCUT2D eigenvalue weighted by Gasteiger charge is -2.02. The second kappa shape index (κ2) is 4.72. The van der Waals surface area contributed by atoms with Crippen molar-refractivity contribution in [2.75, 3.05) is 0 Å². The Kier molecular flexibility index (Phi) is 2.56. The van der Waals surface area contributed by atoms with Crippen LogP contribution in [0.15, 0.2) is 84.9 Å². The standard InChI is InChI=1S/C22H15N/c1-2-7-17-13-18(11-9-15(17)5-1)21-14-19-12-10-16-6-3-4-8-20(16)22(19)23-21/h1-14,23H. The SMILES string of the molecule is c1ccc2cc(-c3cc4ccc5ccccc5c4[nH]3)ccc2c1. The van der Waals surface area contributed by atoms with Crippen LogP contribution in [0.2, 0.25) is 0 Å². The Labute approximate surface area is 134 Å². The number of aromatic amines is 1. The molecule has 0 atom stereocenters. The number of rotatable bonds is 1. The topological polar surface area (TPSA) is 15.8 Å². The summed E-state index contributed by atoms with van der Waals surface area (Å²) < 4.78 is 0. The Hall–Kier alpha value is -3.06. The quantitative estimate of drug-likeness (QED) is 0.382. The van der Waals surface area contributed by atoms with Gasteiger partial charge in [0.25, 0.3) is 0 Å². The van der Waals surface area contributed by atoms with Crippen LogP contribution in [0.4, 0.5) is 0 Å². The van der Waals surface area contributed by atoms with Crippen molar-refractivity contribution in [3.05, 3.63) is 84.9 Å². The van der Waals surface area contributed by atoms with Gasteiger partial charge in [0.15, 0.2) is 0 Å². The maximum absolute atomic E-state index is 3.62. The van der Waals surface area contributed by atoms with Gasteiger partial charge in [0.2, 0.25) is 0 Å². The van der Waals surface area contributed by atoms with E-state index in [-0.39, 0.29) is 0 Å². The minimum absolute atomic E-state index is 1.17. The highest BCUT2D eigenvalue weighted by Gasteiger charge is 2.07. The molecule has 0 radical (unpaired) electrons. The summed E-state index contributed by atoms with van der Waals surface area (Å²) in [6.45, 7) is 0. The number of benzene rings is 4. The molecule has 0 spiro atoms. The molecule has 23 heavy (non-hydrogen) atoms. The van der Waals surface area contributed by atoms with E-state index in [0.29, 0.717) is 0 Å². The first-order valence-electron chi connectivity index (χ1n) is 7.88. The van der Waals surface area contributed by atoms with E-state index in [1.807, 2.05) is 0 Å². The van der Waals surface area contributed by atoms with Crippen LogP contribution in [0, 0.1) is 0 Å². The van der Waals surface area contributed by atoms with Gasteiger partial charge in [-0.25, -0.2) is 0 Å². The molecule has 1 nitrogen and oxygen atoms in total. The number of hydrogen-bond donors (Lipinski definition) is 1. The first-order valence-corrected chi connectivity index (χ1v) is 7.88. The number of H-pyrrole nitrogens is 1. The van der Waals surface area contributed by atoms with Crippen molar-refractivity contribution < 1.29 is 0 Å². The maximum Gasteiger partial charge on any atom is 0.0538 e. The van der Waals surface area contributed by atoms with E-state index in [1.165, 1.54) is 43.7 Å². The smallest absolute Gasteiger partial charge is 0.0538 e. The van der Waals surface area contributed by atoms with Crippen LogP contribution < -0.4 is 0 Å². The molecule has 0 saturated heterocycles. The molecule has 0 saturated carbocycles. The van der Waals surface area contributed by atoms with E-state index in [0.717, 1.165) is 0 Å². The van der Waals surface area contributed by atoms with Gasteiger partial charge in [0, 0.05) is 16.5 Å². The van der Waals surface area contributed by atoms with Gasteiger partial charge in [0.05, 0.1) is 5.52 Å². The molecular weight excluding hydrogens is 278 g/mol. The second-order valence-electron chi connectivity index (χ2n) is 6.00. The summed E-state index contributed by atoms with van der Waals surface area (Å²) >= 11 is 0. The summed E-state index contributed by atoms with van der Waals surface area (Å²) in [7, 11) is 0. The van der Waals surface area contributed by atoms with Gasteiger partial charge in [-0.2, -0.15) is 0 Å². The van der Waals surface area contributed by atoms with E-state index in [4.69, 9.17) is 0 Å². The van der Waals surface area contributed by atoms with Crippen molar-refractivity contribution in [3.63, 3.8) is 0 Å². The lowest BCUT2D eigenvalue weighted by Crippen LogP contribution is -1.79. The maximum atomic E-state index is 3.62. The molecule has 0 aliphatic heterocycles. The molecule has 5 aromatic rings. The van der Waals surface area contributed by atoms with E-state index >= 15 is 0 Å². The van der Waals surface area contributed by atoms with Crippen molar-refractivity contribution in [3.8, 4) is 11.3 Å². The molecule has 4 aromatic carbocycles. The molecular formula is C22H15N. The number of aromatic nitrogens is 1. The van der Waals surface area contributed by atoms with Crippen LogP contribution in [0.1, 0.15) is 0 Å². The molecule has 0 amide bonds. The first-order chi connectivity index (χ1) is 11.4. The number of hydrogen-bond acceptors (Lipinski definition) is 0. The lowest BCUT2D eigenvalue weighted by atomic mass is 10.0. The minimum atomic E-state index is 1.17. The van der Waals surface area contributed by atoms with Crippen LogP contribution in [-0.4, -0.2) is 4.98 Å². The number of nitrogens with one attached hydrogen (secondary N) is 1. The third-order valence-corrected chi connectivity index (χ3v) is 4.58. The average molecular weight is 293 g/mol. The normalized spacial score (nSPS) is 11.5. The summed E-state index contributed by atoms with van der Waals surface area (Å²) in [5.41, 5.74) is 3.61. The predicted octanol–water partition coefficient (Wildman–Crippen LogP) is 6.14. The Morgan fingerprint density at radius 3 is 2.13 bits per heavy atom. The zero-order chi connectivity index (χ0) is 15.2. The zero-order valence-corrected chi connectivity index (χ0v) is 12.6. The third-order valence-electron chi connectivity index (χ3n) is 4.58. The van der Waals surface area contributed by atoms with Gasteiger partial charge in [-0.05, 0) is 33.9 Å². The Morgan fingerprint density at radius 1 is 0.522 bits per heavy atom. The summed E-state index contributed by atoms with van der Waals surface area (Å²) in [6.07, 6.45) is 0. The highest BCUT2D eigenvalue weighted by atomic mass is 14.7. The van der Waals surface area contributed by atoms with Gasteiger partial charge < -0.3 is 4.98 Å². The molecule has 0 aliphatic rings. The zero-order valence-electron chi connectivity index (χ0n) is 12.6. The first kappa shape index (κ1) is 12.5. The molecule has 0 fully saturated rings. The highest BCUT2D eigenvalue weighted by Crippen LogP contribution is 2.30. The van der Waals surface area contributed by atoms with E-state index < -0.39 is 0 Å². The van der Waals surface area contributed by atoms with Gasteiger partial charge >= 0.3 is 0 Å². The van der Waals surface area contributed by atoms with Gasteiger partial charge in [-0.15, -0.1) is 0 Å². The van der Waals surface area contributed by atoms with E-state index in [2.05, 4.69) is 89.9 Å². The van der Waals surface area contributed by atoms with Crippen LogP contribution in [-0.2, 0) is 0 Å². The molecule has 0 bridgehead atoms. The van der Waals surface area contributed by atoms with Crippen LogP contribution in [0.25, 0.3) is 43.7 Å². The molecule has 1 heterocycles. The fourth-order valence-corrected chi connectivity index (χ4v) is 3.39. The highest BCUT2D eigenvalue weighted by molar-refractivity contribution is 6.07. The summed E-state index contributed by atoms with van der Waals surface area (Å²) in [5.74, 6) is 0. The van der Waals surface area contributed by atoms with E-state index in [9.17, 15) is 0 Å². The molecule has 1 aromatic heterocycles. The van der Waals surface area contributed by atoms with Crippen molar-refractivity contribution in [2.45, 2.75) is 0 Å². The largest absolute Gasteiger partial charge is 0.354 e. The Morgan fingerprint density at radius 2 is 1.22 bits per heavy atom. The van der Waals surface area contributed by atoms with Crippen molar-refractivity contribution in [1.29, 1.82) is 0 Å². The van der Waals surface area contributed by atoms with Gasteiger partial charge in [0.1, 0.15) is 0 Å². The fourth-order valence-electron chi connectivity index (χ4n) is 3.39. The molecule has 5 rings (SSSR count). The van der Waals surface area contributed by atoms with Crippen LogP contribution >= 0.6 is 0 Å². The second-order valence-corrected chi connectivity index (χ2v) is 6.00. The van der Waals surface area contributed by atoms with E-state index in [1.54, 1.807) is 0 Å². The van der Waals surface area contributed by atoms with Gasteiger partial charge in [-0.3, -0.25) is 0 Å². The molecule has 1 N–H and O–H groups in total. The van der Waals surface area contributed by atoms with Crippen LogP contribution in [0.3, 0.4) is 0 Å². The predicted molar refractivity (Wildman–Crippen MR) is 98.7 cm³/mol. The van der Waals surface area contributed by atoms with Crippen molar-refractivity contribution in [2.24, 2.45) is 0 Å². The number of fused-ring (bicyclic) bond motifs is 4. The van der Waals surface area contributed by atoms with Crippen LogP contribution in [0.5, 0.6) is 0 Å². The van der Waals surface area contributed by atoms with Gasteiger partial charge in [-0.1, -0.05) is 72.8 Å².